The number of methoxy groups -OCH3 is 1. The summed E-state index contributed by atoms with van der Waals surface area (Å²) in [5, 5.41) is 7.11. The molecule has 1 heterocycles. The number of rotatable bonds is 7. The highest BCUT2D eigenvalue weighted by Crippen LogP contribution is 2.22. The second kappa shape index (κ2) is 6.60. The molecule has 3 N–H and O–H groups in total. The Balaban J connectivity index is 3.07. The van der Waals surface area contributed by atoms with Gasteiger partial charge >= 0.3 is 5.97 Å². The molecule has 9 heteroatoms. The second-order valence-electron chi connectivity index (χ2n) is 4.38. The Hall–Kier alpha value is -1.77. The molecule has 0 aromatic carbocycles. The standard InChI is InChI=1S/C11H20N4O4S/c1-4-5-13-10-8(11(16)19-2)9(12)15(14-10)6-7-20(3,17)18/h4-7,12H2,1-3H3,(H,13,14). The van der Waals surface area contributed by atoms with E-state index >= 15 is 0 Å². The summed E-state index contributed by atoms with van der Waals surface area (Å²) in [6.45, 7) is 2.67. The van der Waals surface area contributed by atoms with Gasteiger partial charge in [-0.05, 0) is 6.42 Å². The lowest BCUT2D eigenvalue weighted by Gasteiger charge is -2.03. The third kappa shape index (κ3) is 4.12. The number of aryl methyl sites for hydroxylation is 1. The van der Waals surface area contributed by atoms with Gasteiger partial charge in [-0.3, -0.25) is 0 Å². The summed E-state index contributed by atoms with van der Waals surface area (Å²) in [7, 11) is -1.89. The first-order valence-corrected chi connectivity index (χ1v) is 8.22. The van der Waals surface area contributed by atoms with Gasteiger partial charge in [0.2, 0.25) is 0 Å². The first-order valence-electron chi connectivity index (χ1n) is 6.16. The predicted molar refractivity (Wildman–Crippen MR) is 76.5 cm³/mol. The van der Waals surface area contributed by atoms with Gasteiger partial charge in [0.05, 0.1) is 19.4 Å². The zero-order valence-corrected chi connectivity index (χ0v) is 12.7. The van der Waals surface area contributed by atoms with E-state index in [1.165, 1.54) is 11.8 Å². The molecule has 8 nitrogen and oxygen atoms in total. The topological polar surface area (TPSA) is 116 Å². The van der Waals surface area contributed by atoms with Crippen LogP contribution in [0.2, 0.25) is 0 Å². The van der Waals surface area contributed by atoms with Crippen LogP contribution in [0.25, 0.3) is 0 Å². The van der Waals surface area contributed by atoms with Gasteiger partial charge in [-0.1, -0.05) is 6.92 Å². The summed E-state index contributed by atoms with van der Waals surface area (Å²) in [6, 6.07) is 0. The number of esters is 1. The van der Waals surface area contributed by atoms with Gasteiger partial charge in [-0.15, -0.1) is 0 Å². The number of anilines is 2. The largest absolute Gasteiger partial charge is 0.465 e. The van der Waals surface area contributed by atoms with E-state index in [0.29, 0.717) is 12.4 Å². The maximum atomic E-state index is 11.7. The smallest absolute Gasteiger partial charge is 0.345 e. The van der Waals surface area contributed by atoms with Crippen molar-refractivity contribution in [1.82, 2.24) is 9.78 Å². The van der Waals surface area contributed by atoms with Crippen LogP contribution < -0.4 is 11.1 Å². The number of nitrogen functional groups attached to an aromatic ring is 1. The van der Waals surface area contributed by atoms with E-state index in [-0.39, 0.29) is 23.7 Å². The predicted octanol–water partition coefficient (Wildman–Crippen LogP) is 0.118. The van der Waals surface area contributed by atoms with Crippen molar-refractivity contribution in [3.8, 4) is 0 Å². The van der Waals surface area contributed by atoms with Gasteiger partial charge in [0.25, 0.3) is 0 Å². The molecule has 0 radical (unpaired) electrons. The Labute approximate surface area is 118 Å². The van der Waals surface area contributed by atoms with Crippen molar-refractivity contribution in [2.75, 3.05) is 36.7 Å². The summed E-state index contributed by atoms with van der Waals surface area (Å²) in [5.74, 6) is -0.303. The molecule has 0 atom stereocenters. The number of carbonyl (C=O) groups excluding carboxylic acids is 1. The lowest BCUT2D eigenvalue weighted by atomic mass is 10.3. The molecule has 0 aliphatic heterocycles. The van der Waals surface area contributed by atoms with Crippen molar-refractivity contribution < 1.29 is 17.9 Å². The molecule has 20 heavy (non-hydrogen) atoms. The van der Waals surface area contributed by atoms with Gasteiger partial charge in [-0.2, -0.15) is 5.10 Å². The van der Waals surface area contributed by atoms with E-state index in [9.17, 15) is 13.2 Å². The molecule has 0 saturated heterocycles. The summed E-state index contributed by atoms with van der Waals surface area (Å²) >= 11 is 0. The number of carbonyl (C=O) groups is 1. The molecule has 1 aromatic heterocycles. The molecule has 1 rings (SSSR count). The van der Waals surface area contributed by atoms with Gasteiger partial charge in [0.1, 0.15) is 21.2 Å². The minimum absolute atomic E-state index is 0.0858. The third-order valence-corrected chi connectivity index (χ3v) is 3.52. The Morgan fingerprint density at radius 3 is 2.65 bits per heavy atom. The van der Waals surface area contributed by atoms with E-state index in [1.54, 1.807) is 0 Å². The fourth-order valence-electron chi connectivity index (χ4n) is 1.57. The SMILES string of the molecule is CCCNc1nn(CCS(C)(=O)=O)c(N)c1C(=O)OC. The molecular weight excluding hydrogens is 284 g/mol. The number of hydrogen-bond donors (Lipinski definition) is 2. The third-order valence-electron chi connectivity index (χ3n) is 2.60. The zero-order chi connectivity index (χ0) is 15.3. The van der Waals surface area contributed by atoms with E-state index in [4.69, 9.17) is 5.73 Å². The number of hydrogen-bond acceptors (Lipinski definition) is 7. The second-order valence-corrected chi connectivity index (χ2v) is 6.64. The van der Waals surface area contributed by atoms with E-state index in [0.717, 1.165) is 12.7 Å². The Kier molecular flexibility index (Phi) is 5.37. The van der Waals surface area contributed by atoms with Gasteiger partial charge < -0.3 is 15.8 Å². The van der Waals surface area contributed by atoms with Crippen LogP contribution in [0, 0.1) is 0 Å². The number of nitrogens with zero attached hydrogens (tertiary/aromatic N) is 2. The first kappa shape index (κ1) is 16.3. The molecule has 0 saturated carbocycles. The fourth-order valence-corrected chi connectivity index (χ4v) is 2.07. The van der Waals surface area contributed by atoms with Crippen LogP contribution >= 0.6 is 0 Å². The van der Waals surface area contributed by atoms with Gasteiger partial charge in [0, 0.05) is 12.8 Å². The summed E-state index contributed by atoms with van der Waals surface area (Å²) in [4.78, 5) is 11.7. The monoisotopic (exact) mass is 304 g/mol. The van der Waals surface area contributed by atoms with Crippen molar-refractivity contribution in [2.24, 2.45) is 0 Å². The quantitative estimate of drug-likeness (QED) is 0.687. The fraction of sp³-hybridized carbons (Fsp3) is 0.636. The molecule has 0 aliphatic rings. The van der Waals surface area contributed by atoms with E-state index in [2.05, 4.69) is 15.2 Å². The summed E-state index contributed by atoms with van der Waals surface area (Å²) in [6.07, 6.45) is 1.97. The van der Waals surface area contributed by atoms with Crippen molar-refractivity contribution in [1.29, 1.82) is 0 Å². The molecule has 0 spiro atoms. The summed E-state index contributed by atoms with van der Waals surface area (Å²) < 4.78 is 28.3. The average molecular weight is 304 g/mol. The highest BCUT2D eigenvalue weighted by molar-refractivity contribution is 7.90. The van der Waals surface area contributed by atoms with Crippen molar-refractivity contribution in [3.05, 3.63) is 5.56 Å². The Bertz CT molecular complexity index is 579. The molecule has 0 bridgehead atoms. The molecule has 0 aliphatic carbocycles. The van der Waals surface area contributed by atoms with Gasteiger partial charge in [-0.25, -0.2) is 17.9 Å². The molecule has 1 aromatic rings. The van der Waals surface area contributed by atoms with Crippen LogP contribution in [0.5, 0.6) is 0 Å². The van der Waals surface area contributed by atoms with Crippen molar-refractivity contribution in [2.45, 2.75) is 19.9 Å². The number of sulfone groups is 1. The lowest BCUT2D eigenvalue weighted by molar-refractivity contribution is 0.0603. The minimum Gasteiger partial charge on any atom is -0.465 e. The maximum absolute atomic E-state index is 11.7. The normalized spacial score (nSPS) is 11.3. The van der Waals surface area contributed by atoms with Crippen molar-refractivity contribution >= 4 is 27.4 Å². The Morgan fingerprint density at radius 1 is 1.50 bits per heavy atom. The van der Waals surface area contributed by atoms with E-state index in [1.807, 2.05) is 6.92 Å². The molecule has 0 unspecified atom stereocenters. The average Bonchev–Trinajstić information content (AvgIpc) is 2.69. The number of nitrogens with one attached hydrogen (secondary N) is 1. The van der Waals surface area contributed by atoms with Crippen molar-refractivity contribution in [3.63, 3.8) is 0 Å². The summed E-state index contributed by atoms with van der Waals surface area (Å²) in [5.41, 5.74) is 5.98. The highest BCUT2D eigenvalue weighted by atomic mass is 32.2. The zero-order valence-electron chi connectivity index (χ0n) is 11.8. The highest BCUT2D eigenvalue weighted by Gasteiger charge is 2.23. The number of aromatic nitrogens is 2. The molecule has 0 fully saturated rings. The lowest BCUT2D eigenvalue weighted by Crippen LogP contribution is -2.15. The van der Waals surface area contributed by atoms with E-state index < -0.39 is 15.8 Å². The maximum Gasteiger partial charge on any atom is 0.345 e. The van der Waals surface area contributed by atoms with Crippen LogP contribution in [0.15, 0.2) is 0 Å². The molecule has 0 amide bonds. The molecule has 114 valence electrons. The van der Waals surface area contributed by atoms with Gasteiger partial charge in [0.15, 0.2) is 5.82 Å². The van der Waals surface area contributed by atoms with Crippen LogP contribution in [-0.2, 0) is 21.1 Å². The van der Waals surface area contributed by atoms with Crippen LogP contribution in [0.4, 0.5) is 11.6 Å². The molecular formula is C11H20N4O4S. The minimum atomic E-state index is -3.14. The number of nitrogens with two attached hydrogens (primary N) is 1. The van der Waals surface area contributed by atoms with Crippen LogP contribution in [0.1, 0.15) is 23.7 Å². The van der Waals surface area contributed by atoms with Crippen LogP contribution in [-0.4, -0.2) is 49.8 Å². The Morgan fingerprint density at radius 2 is 2.15 bits per heavy atom. The number of ether oxygens (including phenoxy) is 1. The van der Waals surface area contributed by atoms with Crippen LogP contribution in [0.3, 0.4) is 0 Å². The first-order chi connectivity index (χ1) is 9.30.